The standard InChI is InChI=1S/C20H22N2O3/c23-18(13-21-19(24)14-25-17-9-5-2-6-10-17)22-20(16-11-12-16)15-7-3-1-4-8-15/h1-10,16,20H,11-14H2,(H,21,24)(H,22,23)/t20-/m1/s1. The monoisotopic (exact) mass is 338 g/mol. The Morgan fingerprint density at radius 1 is 0.960 bits per heavy atom. The summed E-state index contributed by atoms with van der Waals surface area (Å²) in [6.45, 7) is -0.158. The van der Waals surface area contributed by atoms with Gasteiger partial charge in [-0.25, -0.2) is 0 Å². The van der Waals surface area contributed by atoms with Gasteiger partial charge in [0.1, 0.15) is 5.75 Å². The van der Waals surface area contributed by atoms with Crippen molar-refractivity contribution < 1.29 is 14.3 Å². The molecule has 2 amide bonds. The molecule has 2 N–H and O–H groups in total. The fraction of sp³-hybridized carbons (Fsp3) is 0.300. The molecule has 5 nitrogen and oxygen atoms in total. The minimum absolute atomic E-state index is 0.0196. The van der Waals surface area contributed by atoms with Crippen molar-refractivity contribution in [3.8, 4) is 5.75 Å². The van der Waals surface area contributed by atoms with Crippen LogP contribution in [0.4, 0.5) is 0 Å². The molecule has 1 saturated carbocycles. The zero-order chi connectivity index (χ0) is 17.5. The quantitative estimate of drug-likeness (QED) is 0.777. The highest BCUT2D eigenvalue weighted by Gasteiger charge is 2.33. The lowest BCUT2D eigenvalue weighted by Crippen LogP contribution is -2.40. The third-order valence-electron chi connectivity index (χ3n) is 4.13. The van der Waals surface area contributed by atoms with Crippen LogP contribution in [0.15, 0.2) is 60.7 Å². The van der Waals surface area contributed by atoms with Crippen molar-refractivity contribution in [2.75, 3.05) is 13.2 Å². The minimum atomic E-state index is -0.318. The van der Waals surface area contributed by atoms with Gasteiger partial charge in [0, 0.05) is 0 Å². The molecule has 0 unspecified atom stereocenters. The Morgan fingerprint density at radius 3 is 2.24 bits per heavy atom. The summed E-state index contributed by atoms with van der Waals surface area (Å²) in [5.41, 5.74) is 1.11. The Balaban J connectivity index is 1.43. The van der Waals surface area contributed by atoms with E-state index in [1.807, 2.05) is 48.5 Å². The molecule has 1 aliphatic rings. The highest BCUT2D eigenvalue weighted by Crippen LogP contribution is 2.40. The largest absolute Gasteiger partial charge is 0.484 e. The smallest absolute Gasteiger partial charge is 0.258 e. The number of nitrogens with one attached hydrogen (secondary N) is 2. The van der Waals surface area contributed by atoms with Crippen molar-refractivity contribution in [1.82, 2.24) is 10.6 Å². The van der Waals surface area contributed by atoms with Gasteiger partial charge in [-0.05, 0) is 36.5 Å². The van der Waals surface area contributed by atoms with Gasteiger partial charge in [0.25, 0.3) is 5.91 Å². The first-order valence-electron chi connectivity index (χ1n) is 8.51. The highest BCUT2D eigenvalue weighted by molar-refractivity contribution is 5.85. The lowest BCUT2D eigenvalue weighted by molar-refractivity contribution is -0.127. The molecule has 0 radical (unpaired) electrons. The van der Waals surface area contributed by atoms with E-state index >= 15 is 0 Å². The van der Waals surface area contributed by atoms with Crippen LogP contribution in [0.3, 0.4) is 0 Å². The predicted octanol–water partition coefficient (Wildman–Crippen LogP) is 2.45. The van der Waals surface area contributed by atoms with E-state index in [0.29, 0.717) is 11.7 Å². The van der Waals surface area contributed by atoms with Gasteiger partial charge in [0.05, 0.1) is 12.6 Å². The summed E-state index contributed by atoms with van der Waals surface area (Å²) < 4.78 is 5.35. The van der Waals surface area contributed by atoms with Crippen LogP contribution in [-0.2, 0) is 9.59 Å². The Hall–Kier alpha value is -2.82. The Bertz CT molecular complexity index is 699. The van der Waals surface area contributed by atoms with E-state index in [1.54, 1.807) is 12.1 Å². The van der Waals surface area contributed by atoms with Crippen LogP contribution in [0, 0.1) is 5.92 Å². The number of amides is 2. The number of benzene rings is 2. The molecule has 1 aliphatic carbocycles. The van der Waals surface area contributed by atoms with Gasteiger partial charge in [-0.2, -0.15) is 0 Å². The number of carbonyl (C=O) groups is 2. The first-order valence-corrected chi connectivity index (χ1v) is 8.51. The fourth-order valence-electron chi connectivity index (χ4n) is 2.68. The molecule has 0 saturated heterocycles. The van der Waals surface area contributed by atoms with Gasteiger partial charge < -0.3 is 15.4 Å². The van der Waals surface area contributed by atoms with Gasteiger partial charge in [-0.1, -0.05) is 48.5 Å². The lowest BCUT2D eigenvalue weighted by atomic mass is 10.0. The van der Waals surface area contributed by atoms with E-state index < -0.39 is 0 Å². The number of ether oxygens (including phenoxy) is 1. The maximum absolute atomic E-state index is 12.2. The van der Waals surface area contributed by atoms with E-state index in [-0.39, 0.29) is 31.0 Å². The highest BCUT2D eigenvalue weighted by atomic mass is 16.5. The summed E-state index contributed by atoms with van der Waals surface area (Å²) in [5, 5.41) is 5.62. The van der Waals surface area contributed by atoms with Crippen molar-refractivity contribution in [2.45, 2.75) is 18.9 Å². The van der Waals surface area contributed by atoms with E-state index in [1.165, 1.54) is 0 Å². The van der Waals surface area contributed by atoms with Crippen LogP contribution >= 0.6 is 0 Å². The summed E-state index contributed by atoms with van der Waals surface area (Å²) in [7, 11) is 0. The molecule has 0 bridgehead atoms. The fourth-order valence-corrected chi connectivity index (χ4v) is 2.68. The average Bonchev–Trinajstić information content (AvgIpc) is 3.49. The SMILES string of the molecule is O=C(COc1ccccc1)NCC(=O)N[C@H](c1ccccc1)C1CC1. The molecule has 0 aromatic heterocycles. The van der Waals surface area contributed by atoms with Crippen LogP contribution in [-0.4, -0.2) is 25.0 Å². The maximum atomic E-state index is 12.2. The van der Waals surface area contributed by atoms with Gasteiger partial charge in [0.2, 0.25) is 5.91 Å². The number of rotatable bonds is 8. The molecule has 2 aromatic rings. The third-order valence-corrected chi connectivity index (χ3v) is 4.13. The summed E-state index contributed by atoms with van der Waals surface area (Å²) in [6.07, 6.45) is 2.24. The van der Waals surface area contributed by atoms with Crippen molar-refractivity contribution in [2.24, 2.45) is 5.92 Å². The number of hydrogen-bond donors (Lipinski definition) is 2. The maximum Gasteiger partial charge on any atom is 0.258 e. The predicted molar refractivity (Wildman–Crippen MR) is 95.0 cm³/mol. The summed E-state index contributed by atoms with van der Waals surface area (Å²) in [6, 6.07) is 19.1. The molecule has 1 atom stereocenters. The van der Waals surface area contributed by atoms with Crippen LogP contribution in [0.2, 0.25) is 0 Å². The van der Waals surface area contributed by atoms with Crippen LogP contribution in [0.5, 0.6) is 5.75 Å². The molecule has 2 aromatic carbocycles. The zero-order valence-corrected chi connectivity index (χ0v) is 14.0. The summed E-state index contributed by atoms with van der Waals surface area (Å²) in [5.74, 6) is 0.610. The Labute approximate surface area is 147 Å². The molecule has 1 fully saturated rings. The van der Waals surface area contributed by atoms with Gasteiger partial charge >= 0.3 is 0 Å². The number of carbonyl (C=O) groups excluding carboxylic acids is 2. The number of para-hydroxylation sites is 1. The van der Waals surface area contributed by atoms with Crippen LogP contribution in [0.25, 0.3) is 0 Å². The Kier molecular flexibility index (Phi) is 5.67. The van der Waals surface area contributed by atoms with Gasteiger partial charge in [0.15, 0.2) is 6.61 Å². The van der Waals surface area contributed by atoms with E-state index in [2.05, 4.69) is 10.6 Å². The summed E-state index contributed by atoms with van der Waals surface area (Å²) in [4.78, 5) is 24.0. The molecule has 0 aliphatic heterocycles. The summed E-state index contributed by atoms with van der Waals surface area (Å²) >= 11 is 0. The Morgan fingerprint density at radius 2 is 1.60 bits per heavy atom. The van der Waals surface area contributed by atoms with Gasteiger partial charge in [-0.3, -0.25) is 9.59 Å². The first-order chi connectivity index (χ1) is 12.2. The molecule has 5 heteroatoms. The zero-order valence-electron chi connectivity index (χ0n) is 14.0. The van der Waals surface area contributed by atoms with Crippen molar-refractivity contribution in [3.05, 3.63) is 66.2 Å². The molecular weight excluding hydrogens is 316 g/mol. The lowest BCUT2D eigenvalue weighted by Gasteiger charge is -2.19. The van der Waals surface area contributed by atoms with Gasteiger partial charge in [-0.15, -0.1) is 0 Å². The number of hydrogen-bond acceptors (Lipinski definition) is 3. The topological polar surface area (TPSA) is 67.4 Å². The molecule has 0 heterocycles. The van der Waals surface area contributed by atoms with Crippen LogP contribution < -0.4 is 15.4 Å². The molecule has 3 rings (SSSR count). The molecule has 130 valence electrons. The van der Waals surface area contributed by atoms with Crippen molar-refractivity contribution in [3.63, 3.8) is 0 Å². The normalized spacial score (nSPS) is 14.4. The second-order valence-corrected chi connectivity index (χ2v) is 6.17. The van der Waals surface area contributed by atoms with Crippen LogP contribution in [0.1, 0.15) is 24.4 Å². The molecule has 0 spiro atoms. The molecular formula is C20H22N2O3. The third kappa shape index (κ3) is 5.35. The van der Waals surface area contributed by atoms with Crippen molar-refractivity contribution in [1.29, 1.82) is 0 Å². The minimum Gasteiger partial charge on any atom is -0.484 e. The molecule has 25 heavy (non-hydrogen) atoms. The van der Waals surface area contributed by atoms with E-state index in [9.17, 15) is 9.59 Å². The van der Waals surface area contributed by atoms with E-state index in [0.717, 1.165) is 18.4 Å². The first kappa shape index (κ1) is 17.0. The average molecular weight is 338 g/mol. The second kappa shape index (κ2) is 8.33. The second-order valence-electron chi connectivity index (χ2n) is 6.17. The van der Waals surface area contributed by atoms with Crippen molar-refractivity contribution >= 4 is 11.8 Å². The van der Waals surface area contributed by atoms with E-state index in [4.69, 9.17) is 4.74 Å².